The van der Waals surface area contributed by atoms with Crippen LogP contribution in [-0.4, -0.2) is 14.9 Å². The van der Waals surface area contributed by atoms with E-state index in [9.17, 15) is 10.1 Å². The summed E-state index contributed by atoms with van der Waals surface area (Å²) in [5.41, 5.74) is 1.60. The first-order chi connectivity index (χ1) is 12.0. The third kappa shape index (κ3) is 4.26. The molecule has 8 heteroatoms. The molecule has 0 atom stereocenters. The van der Waals surface area contributed by atoms with Gasteiger partial charge in [0.15, 0.2) is 5.03 Å². The number of benzene rings is 2. The molecule has 0 aliphatic heterocycles. The summed E-state index contributed by atoms with van der Waals surface area (Å²) in [7, 11) is 0. The van der Waals surface area contributed by atoms with Gasteiger partial charge in [-0.05, 0) is 43.3 Å². The number of aryl methyl sites for hydroxylation is 1. The molecular weight excluding hydrogens is 360 g/mol. The summed E-state index contributed by atoms with van der Waals surface area (Å²) in [5, 5.41) is 15.4. The van der Waals surface area contributed by atoms with E-state index in [1.54, 1.807) is 24.3 Å². The number of nitrogens with zero attached hydrogens (tertiary/aromatic N) is 3. The van der Waals surface area contributed by atoms with Gasteiger partial charge < -0.3 is 5.32 Å². The van der Waals surface area contributed by atoms with Gasteiger partial charge in [0.2, 0.25) is 5.82 Å². The maximum atomic E-state index is 11.6. The molecule has 25 heavy (non-hydrogen) atoms. The minimum atomic E-state index is -0.477. The summed E-state index contributed by atoms with van der Waals surface area (Å²) in [6.45, 7) is 1.98. The van der Waals surface area contributed by atoms with Gasteiger partial charge >= 0.3 is 5.69 Å². The van der Waals surface area contributed by atoms with E-state index < -0.39 is 4.92 Å². The lowest BCUT2D eigenvalue weighted by molar-refractivity contribution is -0.387. The van der Waals surface area contributed by atoms with Crippen LogP contribution in [0, 0.1) is 17.0 Å². The summed E-state index contributed by atoms with van der Waals surface area (Å²) < 4.78 is 0. The zero-order chi connectivity index (χ0) is 17.8. The van der Waals surface area contributed by atoms with Crippen LogP contribution in [0.1, 0.15) is 5.56 Å². The SMILES string of the molecule is Cc1ccc(Sc2ncnc(Nc3ccc(Cl)cc3)c2[N+](=O)[O-])cc1. The summed E-state index contributed by atoms with van der Waals surface area (Å²) in [6.07, 6.45) is 1.31. The topological polar surface area (TPSA) is 81.0 Å². The molecule has 1 aromatic heterocycles. The third-order valence-electron chi connectivity index (χ3n) is 3.31. The molecule has 0 spiro atoms. The predicted molar refractivity (Wildman–Crippen MR) is 98.7 cm³/mol. The number of rotatable bonds is 5. The molecule has 126 valence electrons. The Morgan fingerprint density at radius 1 is 1.08 bits per heavy atom. The number of aromatic nitrogens is 2. The number of nitro groups is 1. The van der Waals surface area contributed by atoms with E-state index in [0.29, 0.717) is 10.7 Å². The van der Waals surface area contributed by atoms with E-state index in [4.69, 9.17) is 11.6 Å². The molecule has 0 amide bonds. The molecule has 0 aliphatic carbocycles. The van der Waals surface area contributed by atoms with Crippen molar-refractivity contribution in [1.29, 1.82) is 0 Å². The average molecular weight is 373 g/mol. The highest BCUT2D eigenvalue weighted by Crippen LogP contribution is 2.37. The average Bonchev–Trinajstić information content (AvgIpc) is 2.59. The molecule has 0 radical (unpaired) electrons. The first-order valence-electron chi connectivity index (χ1n) is 7.29. The van der Waals surface area contributed by atoms with Gasteiger partial charge in [-0.25, -0.2) is 9.97 Å². The Morgan fingerprint density at radius 3 is 2.40 bits per heavy atom. The molecule has 1 N–H and O–H groups in total. The molecule has 0 aliphatic rings. The quantitative estimate of drug-likeness (QED) is 0.374. The maximum absolute atomic E-state index is 11.6. The summed E-state index contributed by atoms with van der Waals surface area (Å²) in [6, 6.07) is 14.5. The van der Waals surface area contributed by atoms with E-state index in [1.807, 2.05) is 31.2 Å². The zero-order valence-electron chi connectivity index (χ0n) is 13.1. The van der Waals surface area contributed by atoms with E-state index in [0.717, 1.165) is 10.5 Å². The fourth-order valence-electron chi connectivity index (χ4n) is 2.08. The van der Waals surface area contributed by atoms with Crippen LogP contribution < -0.4 is 5.32 Å². The van der Waals surface area contributed by atoms with Gasteiger partial charge in [-0.1, -0.05) is 41.1 Å². The van der Waals surface area contributed by atoms with Crippen molar-refractivity contribution < 1.29 is 4.92 Å². The van der Waals surface area contributed by atoms with Crippen LogP contribution in [0.25, 0.3) is 0 Å². The van der Waals surface area contributed by atoms with Crippen LogP contribution in [0.4, 0.5) is 17.2 Å². The van der Waals surface area contributed by atoms with E-state index >= 15 is 0 Å². The Balaban J connectivity index is 1.94. The Kier molecular flexibility index (Phi) is 5.16. The van der Waals surface area contributed by atoms with Crippen LogP contribution in [0.5, 0.6) is 0 Å². The molecule has 3 rings (SSSR count). The monoisotopic (exact) mass is 372 g/mol. The first kappa shape index (κ1) is 17.2. The van der Waals surface area contributed by atoms with Gasteiger partial charge in [0, 0.05) is 15.6 Å². The highest BCUT2D eigenvalue weighted by Gasteiger charge is 2.23. The molecule has 6 nitrogen and oxygen atoms in total. The summed E-state index contributed by atoms with van der Waals surface area (Å²) in [4.78, 5) is 20.1. The van der Waals surface area contributed by atoms with Crippen molar-refractivity contribution in [2.24, 2.45) is 0 Å². The minimum Gasteiger partial charge on any atom is -0.334 e. The van der Waals surface area contributed by atoms with Crippen LogP contribution in [0.2, 0.25) is 5.02 Å². The van der Waals surface area contributed by atoms with Crippen LogP contribution >= 0.6 is 23.4 Å². The van der Waals surface area contributed by atoms with Crippen LogP contribution in [0.15, 0.2) is 64.8 Å². The summed E-state index contributed by atoms with van der Waals surface area (Å²) in [5.74, 6) is 0.136. The number of halogens is 1. The molecule has 3 aromatic rings. The van der Waals surface area contributed by atoms with Gasteiger partial charge in [0.05, 0.1) is 4.92 Å². The van der Waals surface area contributed by atoms with Gasteiger partial charge in [-0.3, -0.25) is 10.1 Å². The van der Waals surface area contributed by atoms with Crippen molar-refractivity contribution in [3.05, 3.63) is 75.6 Å². The van der Waals surface area contributed by atoms with Crippen molar-refractivity contribution in [1.82, 2.24) is 9.97 Å². The van der Waals surface area contributed by atoms with E-state index in [1.165, 1.54) is 18.1 Å². The molecule has 0 saturated heterocycles. The molecule has 0 unspecified atom stereocenters. The van der Waals surface area contributed by atoms with Gasteiger partial charge in [-0.2, -0.15) is 0 Å². The smallest absolute Gasteiger partial charge is 0.334 e. The van der Waals surface area contributed by atoms with Crippen molar-refractivity contribution in [2.45, 2.75) is 16.8 Å². The molecule has 1 heterocycles. The first-order valence-corrected chi connectivity index (χ1v) is 8.49. The predicted octanol–water partition coefficient (Wildman–Crippen LogP) is 5.24. The summed E-state index contributed by atoms with van der Waals surface area (Å²) >= 11 is 7.08. The Morgan fingerprint density at radius 2 is 1.76 bits per heavy atom. The standard InChI is InChI=1S/C17H13ClN4O2S/c1-11-2-8-14(9-3-11)25-17-15(22(23)24)16(19-10-20-17)21-13-6-4-12(18)5-7-13/h2-10H,1H3,(H,19,20,21). The van der Waals surface area contributed by atoms with Crippen molar-refractivity contribution >= 4 is 40.6 Å². The Hall–Kier alpha value is -2.64. The molecule has 0 saturated carbocycles. The number of hydrogen-bond acceptors (Lipinski definition) is 6. The van der Waals surface area contributed by atoms with Crippen molar-refractivity contribution in [2.75, 3.05) is 5.32 Å². The van der Waals surface area contributed by atoms with Gasteiger partial charge in [-0.15, -0.1) is 0 Å². The number of hydrogen-bond donors (Lipinski definition) is 1. The fourth-order valence-corrected chi connectivity index (χ4v) is 3.07. The van der Waals surface area contributed by atoms with Crippen molar-refractivity contribution in [3.63, 3.8) is 0 Å². The Bertz CT molecular complexity index is 836. The largest absolute Gasteiger partial charge is 0.343 e. The zero-order valence-corrected chi connectivity index (χ0v) is 14.7. The fraction of sp³-hybridized carbons (Fsp3) is 0.0588. The minimum absolute atomic E-state index is 0.136. The number of nitrogens with one attached hydrogen (secondary N) is 1. The second-order valence-electron chi connectivity index (χ2n) is 5.18. The van der Waals surface area contributed by atoms with Gasteiger partial charge in [0.25, 0.3) is 0 Å². The highest BCUT2D eigenvalue weighted by molar-refractivity contribution is 7.99. The highest BCUT2D eigenvalue weighted by atomic mass is 35.5. The second kappa shape index (κ2) is 7.50. The molecule has 0 fully saturated rings. The molecule has 0 bridgehead atoms. The lowest BCUT2D eigenvalue weighted by Gasteiger charge is -2.08. The lowest BCUT2D eigenvalue weighted by Crippen LogP contribution is -2.02. The third-order valence-corrected chi connectivity index (χ3v) is 4.57. The number of anilines is 2. The normalized spacial score (nSPS) is 10.5. The van der Waals surface area contributed by atoms with E-state index in [-0.39, 0.29) is 16.5 Å². The van der Waals surface area contributed by atoms with E-state index in [2.05, 4.69) is 15.3 Å². The second-order valence-corrected chi connectivity index (χ2v) is 6.68. The van der Waals surface area contributed by atoms with Crippen molar-refractivity contribution in [3.8, 4) is 0 Å². The van der Waals surface area contributed by atoms with Crippen LogP contribution in [0.3, 0.4) is 0 Å². The maximum Gasteiger partial charge on any atom is 0.343 e. The Labute approximate surface area is 153 Å². The lowest BCUT2D eigenvalue weighted by atomic mass is 10.2. The van der Waals surface area contributed by atoms with Crippen LogP contribution in [-0.2, 0) is 0 Å². The molecule has 2 aromatic carbocycles. The molecular formula is C17H13ClN4O2S. The van der Waals surface area contributed by atoms with Gasteiger partial charge in [0.1, 0.15) is 6.33 Å².